The number of halogens is 1. The number of hydrogen-bond donors (Lipinski definition) is 3. The van der Waals surface area contributed by atoms with Crippen LogP contribution in [-0.2, 0) is 16.0 Å². The predicted molar refractivity (Wildman–Crippen MR) is 83.3 cm³/mol. The molecule has 0 aliphatic carbocycles. The van der Waals surface area contributed by atoms with Crippen molar-refractivity contribution in [2.45, 2.75) is 38.8 Å². The number of aliphatic hydroxyl groups is 1. The van der Waals surface area contributed by atoms with Crippen LogP contribution >= 0.6 is 0 Å². The Bertz CT molecular complexity index is 636. The molecule has 0 aliphatic rings. The summed E-state index contributed by atoms with van der Waals surface area (Å²) >= 11 is 0. The van der Waals surface area contributed by atoms with Crippen LogP contribution in [0.15, 0.2) is 18.2 Å². The number of hydrogen-bond acceptors (Lipinski definition) is 5. The minimum atomic E-state index is -1.30. The van der Waals surface area contributed by atoms with Gasteiger partial charge in [0, 0.05) is 12.5 Å². The first-order valence-electron chi connectivity index (χ1n) is 7.32. The Balaban J connectivity index is 2.87. The van der Waals surface area contributed by atoms with Crippen LogP contribution in [0.4, 0.5) is 10.1 Å². The van der Waals surface area contributed by atoms with Crippen molar-refractivity contribution in [2.24, 2.45) is 11.7 Å². The van der Waals surface area contributed by atoms with E-state index in [0.717, 1.165) is 12.1 Å². The average Bonchev–Trinajstić information content (AvgIpc) is 2.47. The molecule has 0 saturated heterocycles. The minimum absolute atomic E-state index is 0.0672. The van der Waals surface area contributed by atoms with E-state index in [1.807, 2.05) is 13.8 Å². The molecule has 9 heteroatoms. The van der Waals surface area contributed by atoms with Crippen molar-refractivity contribution in [3.8, 4) is 0 Å². The summed E-state index contributed by atoms with van der Waals surface area (Å²) in [6, 6.07) is 1.96. The molecule has 0 bridgehead atoms. The maximum absolute atomic E-state index is 13.3. The average molecular weight is 341 g/mol. The molecule has 0 radical (unpaired) electrons. The number of aliphatic hydroxyl groups excluding tert-OH is 1. The molecule has 0 spiro atoms. The fraction of sp³-hybridized carbons (Fsp3) is 0.467. The van der Waals surface area contributed by atoms with Crippen molar-refractivity contribution < 1.29 is 24.0 Å². The first kappa shape index (κ1) is 19.5. The molecule has 2 atom stereocenters. The summed E-state index contributed by atoms with van der Waals surface area (Å²) in [5, 5.41) is 22.8. The van der Waals surface area contributed by atoms with Gasteiger partial charge in [-0.25, -0.2) is 0 Å². The van der Waals surface area contributed by atoms with Crippen LogP contribution in [0.5, 0.6) is 0 Å². The normalized spacial score (nSPS) is 13.4. The van der Waals surface area contributed by atoms with Crippen LogP contribution in [-0.4, -0.2) is 34.0 Å². The van der Waals surface area contributed by atoms with E-state index in [4.69, 9.17) is 5.73 Å². The summed E-state index contributed by atoms with van der Waals surface area (Å²) < 4.78 is 13.3. The molecule has 0 aromatic heterocycles. The molecular formula is C15H20FN3O5. The van der Waals surface area contributed by atoms with Gasteiger partial charge in [-0.2, -0.15) is 4.39 Å². The van der Waals surface area contributed by atoms with Gasteiger partial charge in [-0.15, -0.1) is 0 Å². The van der Waals surface area contributed by atoms with Gasteiger partial charge in [0.25, 0.3) is 0 Å². The van der Waals surface area contributed by atoms with E-state index in [1.165, 1.54) is 6.07 Å². The monoisotopic (exact) mass is 341 g/mol. The number of nitro benzene ring substituents is 1. The lowest BCUT2D eigenvalue weighted by Gasteiger charge is -2.19. The highest BCUT2D eigenvalue weighted by Gasteiger charge is 2.24. The Morgan fingerprint density at radius 3 is 2.54 bits per heavy atom. The van der Waals surface area contributed by atoms with Crippen molar-refractivity contribution in [3.05, 3.63) is 39.7 Å². The standard InChI is InChI=1S/C15H20FN3O5/c1-8(2)5-13(20)15(22)18-11(14(17)21)6-9-3-4-10(16)12(7-9)19(23)24/h3-4,7-8,11,13,20H,5-6H2,1-2H3,(H2,17,21)(H,18,22)/t11-,13+/m0/s1. The zero-order valence-corrected chi connectivity index (χ0v) is 13.4. The number of nitrogens with two attached hydrogens (primary N) is 1. The van der Waals surface area contributed by atoms with E-state index in [9.17, 15) is 29.2 Å². The van der Waals surface area contributed by atoms with Crippen molar-refractivity contribution in [1.82, 2.24) is 5.32 Å². The highest BCUT2D eigenvalue weighted by molar-refractivity contribution is 5.88. The van der Waals surface area contributed by atoms with Crippen molar-refractivity contribution in [2.75, 3.05) is 0 Å². The number of primary amides is 1. The molecular weight excluding hydrogens is 321 g/mol. The van der Waals surface area contributed by atoms with Gasteiger partial charge in [-0.3, -0.25) is 19.7 Å². The smallest absolute Gasteiger partial charge is 0.305 e. The second-order valence-electron chi connectivity index (χ2n) is 5.86. The van der Waals surface area contributed by atoms with Gasteiger partial charge in [0.05, 0.1) is 4.92 Å². The number of nitrogens with zero attached hydrogens (tertiary/aromatic N) is 1. The van der Waals surface area contributed by atoms with Crippen LogP contribution < -0.4 is 11.1 Å². The first-order chi connectivity index (χ1) is 11.1. The molecule has 0 unspecified atom stereocenters. The third-order valence-corrected chi connectivity index (χ3v) is 3.30. The number of rotatable bonds is 8. The summed E-state index contributed by atoms with van der Waals surface area (Å²) in [4.78, 5) is 33.2. The largest absolute Gasteiger partial charge is 0.383 e. The molecule has 132 valence electrons. The molecule has 4 N–H and O–H groups in total. The quantitative estimate of drug-likeness (QED) is 0.471. The third-order valence-electron chi connectivity index (χ3n) is 3.30. The van der Waals surface area contributed by atoms with E-state index >= 15 is 0 Å². The van der Waals surface area contributed by atoms with Crippen LogP contribution in [0.2, 0.25) is 0 Å². The maximum atomic E-state index is 13.3. The molecule has 24 heavy (non-hydrogen) atoms. The Kier molecular flexibility index (Phi) is 6.78. The summed E-state index contributed by atoms with van der Waals surface area (Å²) in [7, 11) is 0. The van der Waals surface area contributed by atoms with Gasteiger partial charge in [0.15, 0.2) is 0 Å². The van der Waals surface area contributed by atoms with E-state index in [1.54, 1.807) is 0 Å². The Labute approximate surface area is 138 Å². The lowest BCUT2D eigenvalue weighted by atomic mass is 10.0. The van der Waals surface area contributed by atoms with E-state index in [-0.39, 0.29) is 24.3 Å². The number of nitrogens with one attached hydrogen (secondary N) is 1. The lowest BCUT2D eigenvalue weighted by Crippen LogP contribution is -2.49. The number of carbonyl (C=O) groups excluding carboxylic acids is 2. The Morgan fingerprint density at radius 2 is 2.04 bits per heavy atom. The molecule has 0 fully saturated rings. The molecule has 0 saturated carbocycles. The van der Waals surface area contributed by atoms with E-state index < -0.39 is 40.4 Å². The summed E-state index contributed by atoms with van der Waals surface area (Å²) in [6.07, 6.45) is -1.25. The number of carbonyl (C=O) groups is 2. The first-order valence-corrected chi connectivity index (χ1v) is 7.32. The molecule has 2 amide bonds. The zero-order valence-electron chi connectivity index (χ0n) is 13.4. The Hall–Kier alpha value is -2.55. The molecule has 1 aromatic carbocycles. The summed E-state index contributed by atoms with van der Waals surface area (Å²) in [5.74, 6) is -2.57. The van der Waals surface area contributed by atoms with E-state index in [2.05, 4.69) is 5.32 Å². The third kappa shape index (κ3) is 5.58. The number of amides is 2. The van der Waals surface area contributed by atoms with Crippen molar-refractivity contribution in [1.29, 1.82) is 0 Å². The maximum Gasteiger partial charge on any atom is 0.305 e. The second-order valence-corrected chi connectivity index (χ2v) is 5.86. The topological polar surface area (TPSA) is 136 Å². The van der Waals surface area contributed by atoms with Gasteiger partial charge in [0.2, 0.25) is 17.6 Å². The predicted octanol–water partition coefficient (Wildman–Crippen LogP) is 0.653. The SMILES string of the molecule is CC(C)C[C@@H](O)C(=O)N[C@@H](Cc1ccc(F)c([N+](=O)[O-])c1)C(N)=O. The highest BCUT2D eigenvalue weighted by Crippen LogP contribution is 2.19. The Morgan fingerprint density at radius 1 is 1.42 bits per heavy atom. The summed E-state index contributed by atoms with van der Waals surface area (Å²) in [5.41, 5.74) is 4.74. The van der Waals surface area contributed by atoms with Crippen molar-refractivity contribution in [3.63, 3.8) is 0 Å². The van der Waals surface area contributed by atoms with Crippen LogP contribution in [0, 0.1) is 21.8 Å². The fourth-order valence-corrected chi connectivity index (χ4v) is 2.11. The van der Waals surface area contributed by atoms with Crippen LogP contribution in [0.25, 0.3) is 0 Å². The second kappa shape index (κ2) is 8.34. The van der Waals surface area contributed by atoms with Gasteiger partial charge >= 0.3 is 5.69 Å². The van der Waals surface area contributed by atoms with E-state index in [0.29, 0.717) is 0 Å². The van der Waals surface area contributed by atoms with Gasteiger partial charge in [-0.05, 0) is 24.0 Å². The lowest BCUT2D eigenvalue weighted by molar-refractivity contribution is -0.387. The fourth-order valence-electron chi connectivity index (χ4n) is 2.11. The molecule has 8 nitrogen and oxygen atoms in total. The number of benzene rings is 1. The highest BCUT2D eigenvalue weighted by atomic mass is 19.1. The van der Waals surface area contributed by atoms with Crippen LogP contribution in [0.1, 0.15) is 25.8 Å². The van der Waals surface area contributed by atoms with Gasteiger partial charge in [0.1, 0.15) is 12.1 Å². The molecule has 1 rings (SSSR count). The summed E-state index contributed by atoms with van der Waals surface area (Å²) in [6.45, 7) is 3.64. The minimum Gasteiger partial charge on any atom is -0.383 e. The zero-order chi connectivity index (χ0) is 18.4. The van der Waals surface area contributed by atoms with Gasteiger partial charge < -0.3 is 16.2 Å². The van der Waals surface area contributed by atoms with Crippen molar-refractivity contribution >= 4 is 17.5 Å². The molecule has 0 aliphatic heterocycles. The van der Waals surface area contributed by atoms with Gasteiger partial charge in [-0.1, -0.05) is 19.9 Å². The number of nitro groups is 1. The van der Waals surface area contributed by atoms with Crippen LogP contribution in [0.3, 0.4) is 0 Å². The molecule has 0 heterocycles. The molecule has 1 aromatic rings.